The van der Waals surface area contributed by atoms with Crippen molar-refractivity contribution >= 4 is 21.6 Å². The topological polar surface area (TPSA) is 69.4 Å². The van der Waals surface area contributed by atoms with Crippen molar-refractivity contribution in [1.29, 1.82) is 0 Å². The minimum Gasteiger partial charge on any atom is -0.492 e. The van der Waals surface area contributed by atoms with E-state index >= 15 is 0 Å². The molecule has 1 rings (SSSR count). The molecule has 0 atom stereocenters. The first kappa shape index (κ1) is 11.3. The van der Waals surface area contributed by atoms with E-state index in [0.29, 0.717) is 12.4 Å². The molecule has 0 aliphatic carbocycles. The number of benzene rings is 1. The molecule has 0 aliphatic heterocycles. The van der Waals surface area contributed by atoms with Crippen molar-refractivity contribution in [3.05, 3.63) is 23.2 Å². The van der Waals surface area contributed by atoms with Crippen LogP contribution in [0, 0.1) is 0 Å². The molecule has 2 N–H and O–H groups in total. The van der Waals surface area contributed by atoms with Gasteiger partial charge in [-0.1, -0.05) is 11.6 Å². The molecule has 0 saturated carbocycles. The van der Waals surface area contributed by atoms with Gasteiger partial charge in [0.25, 0.3) is 0 Å². The Morgan fingerprint density at radius 3 is 2.57 bits per heavy atom. The minimum atomic E-state index is -3.70. The highest BCUT2D eigenvalue weighted by molar-refractivity contribution is 7.89. The summed E-state index contributed by atoms with van der Waals surface area (Å²) in [5, 5.41) is 5.16. The Kier molecular flexibility index (Phi) is 3.36. The Morgan fingerprint density at radius 2 is 2.14 bits per heavy atom. The fourth-order valence-electron chi connectivity index (χ4n) is 0.931. The molecular formula is C8H10ClNO3S. The lowest BCUT2D eigenvalue weighted by Gasteiger charge is -2.06. The number of primary sulfonamides is 1. The van der Waals surface area contributed by atoms with Crippen LogP contribution in [0.2, 0.25) is 5.02 Å². The van der Waals surface area contributed by atoms with E-state index in [2.05, 4.69) is 0 Å². The summed E-state index contributed by atoms with van der Waals surface area (Å²) in [7, 11) is -3.70. The molecule has 1 aromatic rings. The number of rotatable bonds is 3. The van der Waals surface area contributed by atoms with Crippen LogP contribution in [0.4, 0.5) is 0 Å². The summed E-state index contributed by atoms with van der Waals surface area (Å²) in [4.78, 5) is -0.0223. The zero-order valence-corrected chi connectivity index (χ0v) is 9.10. The van der Waals surface area contributed by atoms with Crippen LogP contribution >= 0.6 is 11.6 Å². The Morgan fingerprint density at radius 1 is 1.50 bits per heavy atom. The average molecular weight is 236 g/mol. The molecule has 78 valence electrons. The van der Waals surface area contributed by atoms with Crippen molar-refractivity contribution in [1.82, 2.24) is 0 Å². The van der Waals surface area contributed by atoms with Gasteiger partial charge in [-0.2, -0.15) is 0 Å². The van der Waals surface area contributed by atoms with Gasteiger partial charge in [0.2, 0.25) is 10.0 Å². The van der Waals surface area contributed by atoms with Gasteiger partial charge in [0.05, 0.1) is 16.5 Å². The summed E-state index contributed by atoms with van der Waals surface area (Å²) in [6, 6.07) is 4.10. The van der Waals surface area contributed by atoms with E-state index in [9.17, 15) is 8.42 Å². The Bertz CT molecular complexity index is 430. The minimum absolute atomic E-state index is 0.0223. The summed E-state index contributed by atoms with van der Waals surface area (Å²) in [5.74, 6) is 0.446. The van der Waals surface area contributed by atoms with E-state index in [1.165, 1.54) is 18.2 Å². The maximum atomic E-state index is 10.9. The van der Waals surface area contributed by atoms with E-state index < -0.39 is 10.0 Å². The third-order valence-electron chi connectivity index (χ3n) is 1.53. The highest BCUT2D eigenvalue weighted by atomic mass is 35.5. The molecule has 0 aliphatic rings. The summed E-state index contributed by atoms with van der Waals surface area (Å²) < 4.78 is 27.0. The molecule has 6 heteroatoms. The molecule has 0 amide bonds. The molecule has 0 unspecified atom stereocenters. The molecule has 0 radical (unpaired) electrons. The van der Waals surface area contributed by atoms with Crippen LogP contribution in [-0.4, -0.2) is 15.0 Å². The Balaban J connectivity index is 3.13. The maximum Gasteiger partial charge on any atom is 0.238 e. The van der Waals surface area contributed by atoms with E-state index in [1.807, 2.05) is 6.92 Å². The quantitative estimate of drug-likeness (QED) is 0.861. The molecule has 0 spiro atoms. The van der Waals surface area contributed by atoms with Crippen LogP contribution in [0.1, 0.15) is 6.92 Å². The molecule has 14 heavy (non-hydrogen) atoms. The predicted octanol–water partition coefficient (Wildman–Crippen LogP) is 1.39. The monoisotopic (exact) mass is 235 g/mol. The third-order valence-corrected chi connectivity index (χ3v) is 2.74. The lowest BCUT2D eigenvalue weighted by Crippen LogP contribution is -2.12. The number of hydrogen-bond donors (Lipinski definition) is 1. The normalized spacial score (nSPS) is 11.4. The van der Waals surface area contributed by atoms with Crippen molar-refractivity contribution < 1.29 is 13.2 Å². The van der Waals surface area contributed by atoms with E-state index in [1.54, 1.807) is 0 Å². The standard InChI is InChI=1S/C8H10ClNO3S/c1-2-13-8-4-3-6(5-7(8)9)14(10,11)12/h3-5H,2H2,1H3,(H2,10,11,12). The second-order valence-electron chi connectivity index (χ2n) is 2.57. The third kappa shape index (κ3) is 2.60. The van der Waals surface area contributed by atoms with Crippen LogP contribution in [0.25, 0.3) is 0 Å². The van der Waals surface area contributed by atoms with Crippen LogP contribution in [0.15, 0.2) is 23.1 Å². The molecule has 1 aromatic carbocycles. The van der Waals surface area contributed by atoms with Crippen LogP contribution in [0.5, 0.6) is 5.75 Å². The van der Waals surface area contributed by atoms with Crippen LogP contribution in [0.3, 0.4) is 0 Å². The molecule has 0 saturated heterocycles. The van der Waals surface area contributed by atoms with Gasteiger partial charge in [-0.3, -0.25) is 0 Å². The molecule has 0 heterocycles. The largest absolute Gasteiger partial charge is 0.492 e. The number of hydrogen-bond acceptors (Lipinski definition) is 3. The first-order valence-electron chi connectivity index (χ1n) is 3.90. The second-order valence-corrected chi connectivity index (χ2v) is 4.54. The fraction of sp³-hybridized carbons (Fsp3) is 0.250. The van der Waals surface area contributed by atoms with Gasteiger partial charge in [0.15, 0.2) is 0 Å². The van der Waals surface area contributed by atoms with E-state index in [4.69, 9.17) is 21.5 Å². The number of nitrogens with two attached hydrogens (primary N) is 1. The summed E-state index contributed by atoms with van der Waals surface area (Å²) >= 11 is 5.77. The van der Waals surface area contributed by atoms with Gasteiger partial charge in [0.1, 0.15) is 5.75 Å². The molecule has 0 fully saturated rings. The van der Waals surface area contributed by atoms with Crippen molar-refractivity contribution in [3.63, 3.8) is 0 Å². The smallest absolute Gasteiger partial charge is 0.238 e. The van der Waals surface area contributed by atoms with Gasteiger partial charge in [-0.15, -0.1) is 0 Å². The van der Waals surface area contributed by atoms with Crippen molar-refractivity contribution in [2.24, 2.45) is 5.14 Å². The average Bonchev–Trinajstić information content (AvgIpc) is 2.07. The second kappa shape index (κ2) is 4.16. The van der Waals surface area contributed by atoms with E-state index in [0.717, 1.165) is 0 Å². The summed E-state index contributed by atoms with van der Waals surface area (Å²) in [6.07, 6.45) is 0. The Labute approximate surface area is 87.7 Å². The fourth-order valence-corrected chi connectivity index (χ4v) is 1.77. The molecule has 0 aromatic heterocycles. The molecular weight excluding hydrogens is 226 g/mol. The summed E-state index contributed by atoms with van der Waals surface area (Å²) in [5.41, 5.74) is 0. The summed E-state index contributed by atoms with van der Waals surface area (Å²) in [6.45, 7) is 2.28. The molecule has 0 bridgehead atoms. The van der Waals surface area contributed by atoms with Crippen LogP contribution < -0.4 is 9.88 Å². The first-order valence-corrected chi connectivity index (χ1v) is 5.82. The lowest BCUT2D eigenvalue weighted by atomic mass is 10.3. The van der Waals surface area contributed by atoms with Gasteiger partial charge < -0.3 is 4.74 Å². The SMILES string of the molecule is CCOc1ccc(S(N)(=O)=O)cc1Cl. The van der Waals surface area contributed by atoms with Gasteiger partial charge in [-0.05, 0) is 25.1 Å². The first-order chi connectivity index (χ1) is 6.45. The number of sulfonamides is 1. The van der Waals surface area contributed by atoms with Crippen molar-refractivity contribution in [3.8, 4) is 5.75 Å². The highest BCUT2D eigenvalue weighted by Crippen LogP contribution is 2.26. The zero-order valence-electron chi connectivity index (χ0n) is 7.53. The number of halogens is 1. The van der Waals surface area contributed by atoms with Gasteiger partial charge in [0, 0.05) is 0 Å². The number of ether oxygens (including phenoxy) is 1. The van der Waals surface area contributed by atoms with Gasteiger partial charge >= 0.3 is 0 Å². The zero-order chi connectivity index (χ0) is 10.8. The van der Waals surface area contributed by atoms with Crippen LogP contribution in [-0.2, 0) is 10.0 Å². The predicted molar refractivity (Wildman–Crippen MR) is 54.0 cm³/mol. The van der Waals surface area contributed by atoms with E-state index in [-0.39, 0.29) is 9.92 Å². The maximum absolute atomic E-state index is 10.9. The van der Waals surface area contributed by atoms with Gasteiger partial charge in [-0.25, -0.2) is 13.6 Å². The lowest BCUT2D eigenvalue weighted by molar-refractivity contribution is 0.340. The Hall–Kier alpha value is -0.780. The van der Waals surface area contributed by atoms with Crippen molar-refractivity contribution in [2.45, 2.75) is 11.8 Å². The van der Waals surface area contributed by atoms with Crippen molar-refractivity contribution in [2.75, 3.05) is 6.61 Å². The highest BCUT2D eigenvalue weighted by Gasteiger charge is 2.10. The molecule has 4 nitrogen and oxygen atoms in total.